The number of benzene rings is 2. The Labute approximate surface area is 302 Å². The van der Waals surface area contributed by atoms with Crippen molar-refractivity contribution in [3.63, 3.8) is 0 Å². The Kier molecular flexibility index (Phi) is 13.2. The Morgan fingerprint density at radius 1 is 0.830 bits per heavy atom. The molecule has 0 unspecified atom stereocenters. The smallest absolute Gasteiger partial charge is 0.331 e. The van der Waals surface area contributed by atoms with Crippen LogP contribution in [-0.2, 0) is 44.4 Å². The van der Waals surface area contributed by atoms with E-state index in [2.05, 4.69) is 0 Å². The van der Waals surface area contributed by atoms with Crippen LogP contribution in [0, 0.1) is 0 Å². The molecule has 3 saturated heterocycles. The fourth-order valence-electron chi connectivity index (χ4n) is 5.87. The summed E-state index contributed by atoms with van der Waals surface area (Å²) in [5, 5.41) is 112. The van der Waals surface area contributed by atoms with Crippen LogP contribution in [0.5, 0.6) is 23.0 Å². The topological polar surface area (TPSA) is 304 Å². The van der Waals surface area contributed by atoms with E-state index in [1.165, 1.54) is 49.4 Å². The maximum atomic E-state index is 13.2. The molecule has 19 heteroatoms. The van der Waals surface area contributed by atoms with Crippen molar-refractivity contribution in [2.75, 3.05) is 26.4 Å². The minimum atomic E-state index is -2.05. The number of aliphatic hydroxyl groups excluding tert-OH is 6. The lowest BCUT2D eigenvalue weighted by molar-refractivity contribution is -0.360. The summed E-state index contributed by atoms with van der Waals surface area (Å²) in [5.41, 5.74) is -1.24. The molecule has 2 aromatic rings. The highest BCUT2D eigenvalue weighted by molar-refractivity contribution is 5.87. The molecule has 3 aliphatic rings. The van der Waals surface area contributed by atoms with Gasteiger partial charge in [0.1, 0.15) is 48.3 Å². The van der Waals surface area contributed by atoms with E-state index >= 15 is 0 Å². The summed E-state index contributed by atoms with van der Waals surface area (Å²) in [6.45, 7) is -0.718. The predicted octanol–water partition coefficient (Wildman–Crippen LogP) is -2.55. The van der Waals surface area contributed by atoms with Gasteiger partial charge in [0.05, 0.1) is 32.5 Å². The van der Waals surface area contributed by atoms with E-state index in [-0.39, 0.29) is 30.1 Å². The van der Waals surface area contributed by atoms with Gasteiger partial charge in [0.15, 0.2) is 48.0 Å². The van der Waals surface area contributed by atoms with Gasteiger partial charge in [-0.15, -0.1) is 0 Å². The van der Waals surface area contributed by atoms with Gasteiger partial charge in [-0.25, -0.2) is 4.79 Å². The van der Waals surface area contributed by atoms with Crippen molar-refractivity contribution in [3.05, 3.63) is 53.6 Å². The third-order valence-corrected chi connectivity index (χ3v) is 9.09. The Bertz CT molecular complexity index is 1570. The van der Waals surface area contributed by atoms with E-state index in [0.29, 0.717) is 5.56 Å². The number of aliphatic hydroxyl groups is 7. The highest BCUT2D eigenvalue weighted by atomic mass is 16.8. The van der Waals surface area contributed by atoms with Gasteiger partial charge in [-0.3, -0.25) is 0 Å². The molecule has 11 N–H and O–H groups in total. The van der Waals surface area contributed by atoms with E-state index < -0.39 is 117 Å². The molecule has 13 atom stereocenters. The van der Waals surface area contributed by atoms with Gasteiger partial charge < -0.3 is 89.3 Å². The number of carbonyl (C=O) groups is 1. The minimum absolute atomic E-state index is 0.136. The number of aromatic hydroxyl groups is 4. The number of hydrogen-bond donors (Lipinski definition) is 11. The van der Waals surface area contributed by atoms with Crippen LogP contribution in [0.1, 0.15) is 18.1 Å². The molecular weight excluding hydrogens is 712 g/mol. The van der Waals surface area contributed by atoms with E-state index in [1.807, 2.05) is 0 Å². The molecule has 53 heavy (non-hydrogen) atoms. The van der Waals surface area contributed by atoms with E-state index in [9.17, 15) is 61.0 Å². The number of hydrogen-bond acceptors (Lipinski definition) is 19. The summed E-state index contributed by atoms with van der Waals surface area (Å²) in [5.74, 6) is -2.62. The van der Waals surface area contributed by atoms with Crippen LogP contribution in [0.3, 0.4) is 0 Å². The first-order valence-corrected chi connectivity index (χ1v) is 16.6. The van der Waals surface area contributed by atoms with Crippen molar-refractivity contribution in [1.82, 2.24) is 0 Å². The van der Waals surface area contributed by atoms with Crippen LogP contribution in [0.25, 0.3) is 6.08 Å². The lowest BCUT2D eigenvalue weighted by Crippen LogP contribution is -2.65. The largest absolute Gasteiger partial charge is 0.504 e. The maximum Gasteiger partial charge on any atom is 0.331 e. The predicted molar refractivity (Wildman–Crippen MR) is 174 cm³/mol. The van der Waals surface area contributed by atoms with Crippen molar-refractivity contribution >= 4 is 12.0 Å². The molecule has 0 saturated carbocycles. The van der Waals surface area contributed by atoms with Gasteiger partial charge in [-0.05, 0) is 54.8 Å². The lowest BCUT2D eigenvalue weighted by Gasteiger charge is -2.46. The third-order valence-electron chi connectivity index (χ3n) is 9.09. The van der Waals surface area contributed by atoms with Gasteiger partial charge in [-0.2, -0.15) is 0 Å². The molecule has 3 heterocycles. The van der Waals surface area contributed by atoms with Crippen LogP contribution < -0.4 is 0 Å². The second-order valence-electron chi connectivity index (χ2n) is 13.0. The van der Waals surface area contributed by atoms with Gasteiger partial charge in [0.2, 0.25) is 0 Å². The zero-order valence-corrected chi connectivity index (χ0v) is 28.3. The van der Waals surface area contributed by atoms with Crippen molar-refractivity contribution in [2.45, 2.75) is 92.8 Å². The number of rotatable bonds is 13. The fourth-order valence-corrected chi connectivity index (χ4v) is 5.87. The number of esters is 1. The number of carbonyl (C=O) groups excluding carboxylic acids is 1. The molecule has 3 fully saturated rings. The van der Waals surface area contributed by atoms with E-state index in [1.54, 1.807) is 0 Å². The van der Waals surface area contributed by atoms with Gasteiger partial charge in [0, 0.05) is 6.08 Å². The first kappa shape index (κ1) is 40.5. The summed E-state index contributed by atoms with van der Waals surface area (Å²) in [6, 6.07) is 7.83. The second-order valence-corrected chi connectivity index (χ2v) is 13.0. The summed E-state index contributed by atoms with van der Waals surface area (Å²) in [6.07, 6.45) is -17.0. The lowest BCUT2D eigenvalue weighted by atomic mass is 9.96. The molecule has 2 aromatic carbocycles. The molecule has 0 spiro atoms. The Balaban J connectivity index is 1.42. The minimum Gasteiger partial charge on any atom is -0.504 e. The molecule has 294 valence electrons. The molecule has 0 aromatic heterocycles. The summed E-state index contributed by atoms with van der Waals surface area (Å²) in [4.78, 5) is 13.2. The Morgan fingerprint density at radius 2 is 1.53 bits per heavy atom. The van der Waals surface area contributed by atoms with Crippen molar-refractivity contribution < 1.29 is 94.1 Å². The third kappa shape index (κ3) is 9.35. The molecule has 0 radical (unpaired) electrons. The standard InChI is InChI=1S/C34H44O19/c1-15-24(41)25(42)26(43)32(50-15)53-29-27(44)31(47-9-8-17-3-6-19(37)21(39)11-17)51-22(12-48-33-30(45)34(46,13-35)14-49-33)28(29)52-23(40)7-4-16-2-5-18(36)20(38)10-16/h2-7,10-11,15,22,24-33,35-39,41-46H,8-9,12-14H2,1H3/t15-,22+,24-,25+,26+,27+,28+,29+,30-,31+,32+,33+,34-/m0/s1. The van der Waals surface area contributed by atoms with Crippen LogP contribution in [0.15, 0.2) is 42.5 Å². The van der Waals surface area contributed by atoms with E-state index in [4.69, 9.17) is 33.2 Å². The second kappa shape index (κ2) is 17.2. The molecular formula is C34H44O19. The zero-order chi connectivity index (χ0) is 38.6. The Morgan fingerprint density at radius 3 is 2.19 bits per heavy atom. The SMILES string of the molecule is C[C@@H]1O[C@H](O[C@@H]2[C@@H](O)[C@H](OCCc3ccc(O)c(O)c3)O[C@H](CO[C@@H]3OC[C@@](O)(CO)[C@H]3O)[C@H]2OC(=O)C=Cc2ccc(O)c(O)c2)[C@H](O)[C@H](O)[C@H]1O. The molecule has 19 nitrogen and oxygen atoms in total. The molecule has 3 aliphatic heterocycles. The normalized spacial score (nSPS) is 36.2. The highest BCUT2D eigenvalue weighted by Crippen LogP contribution is 2.34. The quantitative estimate of drug-likeness (QED) is 0.0569. The average Bonchev–Trinajstić information content (AvgIpc) is 3.42. The van der Waals surface area contributed by atoms with Crippen molar-refractivity contribution in [1.29, 1.82) is 0 Å². The van der Waals surface area contributed by atoms with Crippen LogP contribution in [-0.4, -0.2) is 168 Å². The summed E-state index contributed by atoms with van der Waals surface area (Å²) >= 11 is 0. The van der Waals surface area contributed by atoms with Crippen LogP contribution in [0.2, 0.25) is 0 Å². The van der Waals surface area contributed by atoms with Gasteiger partial charge in [-0.1, -0.05) is 12.1 Å². The van der Waals surface area contributed by atoms with Crippen LogP contribution >= 0.6 is 0 Å². The number of phenols is 4. The van der Waals surface area contributed by atoms with Gasteiger partial charge in [0.25, 0.3) is 0 Å². The van der Waals surface area contributed by atoms with Gasteiger partial charge >= 0.3 is 5.97 Å². The number of ether oxygens (including phenoxy) is 7. The highest BCUT2D eigenvalue weighted by Gasteiger charge is 2.54. The molecule has 0 amide bonds. The first-order chi connectivity index (χ1) is 25.1. The fraction of sp³-hybridized carbons (Fsp3) is 0.559. The maximum absolute atomic E-state index is 13.2. The average molecular weight is 757 g/mol. The summed E-state index contributed by atoms with van der Waals surface area (Å²) < 4.78 is 40.0. The molecule has 0 aliphatic carbocycles. The molecule has 0 bridgehead atoms. The molecule has 5 rings (SSSR count). The van der Waals surface area contributed by atoms with Crippen molar-refractivity contribution in [3.8, 4) is 23.0 Å². The summed E-state index contributed by atoms with van der Waals surface area (Å²) in [7, 11) is 0. The number of phenolic OH excluding ortho intramolecular Hbond substituents is 4. The Hall–Kier alpha value is -3.67. The van der Waals surface area contributed by atoms with Crippen molar-refractivity contribution in [2.24, 2.45) is 0 Å². The van der Waals surface area contributed by atoms with Crippen LogP contribution in [0.4, 0.5) is 0 Å². The monoisotopic (exact) mass is 756 g/mol. The zero-order valence-electron chi connectivity index (χ0n) is 28.3. The van der Waals surface area contributed by atoms with E-state index in [0.717, 1.165) is 6.08 Å². The first-order valence-electron chi connectivity index (χ1n) is 16.6.